The minimum Gasteiger partial charge on any atom is -0.442 e. The highest BCUT2D eigenvalue weighted by Crippen LogP contribution is 2.26. The molecule has 0 saturated carbocycles. The number of benzene rings is 2. The van der Waals surface area contributed by atoms with Crippen molar-refractivity contribution in [2.24, 2.45) is 0 Å². The number of hydrogen-bond donors (Lipinski definition) is 1. The van der Waals surface area contributed by atoms with Gasteiger partial charge in [0, 0.05) is 25.3 Å². The number of imidazole rings is 1. The molecule has 0 unspecified atom stereocenters. The van der Waals surface area contributed by atoms with E-state index < -0.39 is 28.9 Å². The van der Waals surface area contributed by atoms with Crippen molar-refractivity contribution in [3.63, 3.8) is 0 Å². The quantitative estimate of drug-likeness (QED) is 0.234. The number of carbonyl (C=O) groups is 3. The van der Waals surface area contributed by atoms with E-state index in [0.29, 0.717) is 0 Å². The van der Waals surface area contributed by atoms with Gasteiger partial charge in [0.05, 0.1) is 29.4 Å². The summed E-state index contributed by atoms with van der Waals surface area (Å²) in [4.78, 5) is 50.8. The van der Waals surface area contributed by atoms with Crippen molar-refractivity contribution in [2.75, 3.05) is 18.0 Å². The van der Waals surface area contributed by atoms with Crippen molar-refractivity contribution in [3.8, 4) is 11.4 Å². The molecule has 180 valence electrons. The van der Waals surface area contributed by atoms with Crippen molar-refractivity contribution < 1.29 is 33.2 Å². The molecule has 1 aromatic heterocycles. The average Bonchev–Trinajstić information content (AvgIpc) is 3.45. The standard InChI is InChI=1S/C22H18FN5O7/c1-13(29)24-9-17-10-27(22(31)35-17)15-4-7-20(18(23)8-15)26-11-19(25-12-26)21(30)34-16-5-2-14(3-6-16)28(32)33/h2-8,11-12,17H,9-10H2,1H3,(H,24,29)/t17-/m0/s1. The largest absolute Gasteiger partial charge is 0.442 e. The average molecular weight is 483 g/mol. The Morgan fingerprint density at radius 2 is 2.03 bits per heavy atom. The summed E-state index contributed by atoms with van der Waals surface area (Å²) in [5.74, 6) is -1.70. The van der Waals surface area contributed by atoms with E-state index in [2.05, 4.69) is 10.3 Å². The fourth-order valence-electron chi connectivity index (χ4n) is 3.32. The number of nitrogens with one attached hydrogen (secondary N) is 1. The van der Waals surface area contributed by atoms with Crippen LogP contribution in [0.25, 0.3) is 5.69 Å². The van der Waals surface area contributed by atoms with Gasteiger partial charge in [0.15, 0.2) is 5.69 Å². The first-order valence-electron chi connectivity index (χ1n) is 10.2. The lowest BCUT2D eigenvalue weighted by molar-refractivity contribution is -0.384. The number of non-ortho nitro benzene ring substituents is 1. The number of nitrogens with zero attached hydrogens (tertiary/aromatic N) is 4. The predicted molar refractivity (Wildman–Crippen MR) is 118 cm³/mol. The van der Waals surface area contributed by atoms with Gasteiger partial charge in [0.1, 0.15) is 24.0 Å². The topological polar surface area (TPSA) is 146 Å². The lowest BCUT2D eigenvalue weighted by Gasteiger charge is -2.14. The van der Waals surface area contributed by atoms with Crippen LogP contribution in [-0.4, -0.2) is 51.6 Å². The molecule has 0 aliphatic carbocycles. The molecule has 0 spiro atoms. The second-order valence-corrected chi connectivity index (χ2v) is 7.50. The number of rotatable bonds is 7. The molecule has 1 atom stereocenters. The van der Waals surface area contributed by atoms with E-state index in [1.54, 1.807) is 0 Å². The van der Waals surface area contributed by atoms with E-state index in [-0.39, 0.29) is 47.5 Å². The van der Waals surface area contributed by atoms with Gasteiger partial charge in [-0.15, -0.1) is 0 Å². The maximum Gasteiger partial charge on any atom is 0.414 e. The fourth-order valence-corrected chi connectivity index (χ4v) is 3.32. The van der Waals surface area contributed by atoms with Crippen LogP contribution in [0.4, 0.5) is 20.6 Å². The molecule has 2 heterocycles. The minimum absolute atomic E-state index is 0.0676. The number of nitro benzene ring substituents is 1. The van der Waals surface area contributed by atoms with Crippen LogP contribution < -0.4 is 15.0 Å². The Balaban J connectivity index is 1.44. The molecule has 1 fully saturated rings. The van der Waals surface area contributed by atoms with Crippen molar-refractivity contribution in [3.05, 3.63) is 76.6 Å². The maximum atomic E-state index is 14.9. The number of carbonyl (C=O) groups excluding carboxylic acids is 3. The predicted octanol–water partition coefficient (Wildman–Crippen LogP) is 2.60. The SMILES string of the molecule is CC(=O)NC[C@H]1CN(c2ccc(-n3cnc(C(=O)Oc4ccc([N+](=O)[O-])cc4)c3)c(F)c2)C(=O)O1. The number of halogens is 1. The van der Waals surface area contributed by atoms with Crippen LogP contribution in [0.2, 0.25) is 0 Å². The number of hydrogen-bond acceptors (Lipinski definition) is 8. The number of cyclic esters (lactones) is 1. The van der Waals surface area contributed by atoms with Gasteiger partial charge >= 0.3 is 12.1 Å². The third kappa shape index (κ3) is 5.24. The summed E-state index contributed by atoms with van der Waals surface area (Å²) in [6, 6.07) is 8.99. The van der Waals surface area contributed by atoms with Crippen LogP contribution in [0, 0.1) is 15.9 Å². The molecule has 3 aromatic rings. The zero-order valence-electron chi connectivity index (χ0n) is 18.2. The van der Waals surface area contributed by atoms with Crippen LogP contribution in [0.5, 0.6) is 5.75 Å². The highest BCUT2D eigenvalue weighted by atomic mass is 19.1. The summed E-state index contributed by atoms with van der Waals surface area (Å²) in [6.07, 6.45) is 1.26. The van der Waals surface area contributed by atoms with Gasteiger partial charge in [-0.1, -0.05) is 0 Å². The normalized spacial score (nSPS) is 15.0. The van der Waals surface area contributed by atoms with Crippen molar-refractivity contribution >= 4 is 29.3 Å². The zero-order chi connectivity index (χ0) is 25.1. The fraction of sp³-hybridized carbons (Fsp3) is 0.182. The summed E-state index contributed by atoms with van der Waals surface area (Å²) in [5.41, 5.74) is 0.0618. The molecule has 0 radical (unpaired) electrons. The Labute approximate surface area is 197 Å². The smallest absolute Gasteiger partial charge is 0.414 e. The first-order chi connectivity index (χ1) is 16.7. The molecule has 1 saturated heterocycles. The molecule has 13 heteroatoms. The van der Waals surface area contributed by atoms with Crippen LogP contribution in [0.15, 0.2) is 55.0 Å². The van der Waals surface area contributed by atoms with E-state index >= 15 is 0 Å². The maximum absolute atomic E-state index is 14.9. The number of esters is 1. The second kappa shape index (κ2) is 9.59. The number of anilines is 1. The molecule has 4 rings (SSSR count). The van der Waals surface area contributed by atoms with Gasteiger partial charge in [-0.05, 0) is 30.3 Å². The number of ether oxygens (including phenoxy) is 2. The zero-order valence-corrected chi connectivity index (χ0v) is 18.2. The molecule has 1 aliphatic rings. The monoisotopic (exact) mass is 483 g/mol. The lowest BCUT2D eigenvalue weighted by Crippen LogP contribution is -2.33. The Hall–Kier alpha value is -4.81. The molecule has 35 heavy (non-hydrogen) atoms. The van der Waals surface area contributed by atoms with Gasteiger partial charge in [-0.25, -0.2) is 19.0 Å². The van der Waals surface area contributed by atoms with E-state index in [0.717, 1.165) is 6.07 Å². The van der Waals surface area contributed by atoms with Gasteiger partial charge in [0.25, 0.3) is 5.69 Å². The molecule has 12 nitrogen and oxygen atoms in total. The first-order valence-corrected chi connectivity index (χ1v) is 10.2. The van der Waals surface area contributed by atoms with Gasteiger partial charge in [0.2, 0.25) is 5.91 Å². The van der Waals surface area contributed by atoms with E-state index in [1.165, 1.54) is 65.3 Å². The molecule has 2 aromatic carbocycles. The highest BCUT2D eigenvalue weighted by molar-refractivity contribution is 5.90. The Kier molecular flexibility index (Phi) is 6.40. The Bertz CT molecular complexity index is 1310. The lowest BCUT2D eigenvalue weighted by atomic mass is 10.2. The third-order valence-corrected chi connectivity index (χ3v) is 5.02. The van der Waals surface area contributed by atoms with Gasteiger partial charge < -0.3 is 19.4 Å². The minimum atomic E-state index is -0.834. The summed E-state index contributed by atoms with van der Waals surface area (Å²) in [5, 5.41) is 13.3. The van der Waals surface area contributed by atoms with E-state index in [4.69, 9.17) is 9.47 Å². The van der Waals surface area contributed by atoms with Crippen LogP contribution in [0.1, 0.15) is 17.4 Å². The molecular formula is C22H18FN5O7. The second-order valence-electron chi connectivity index (χ2n) is 7.50. The van der Waals surface area contributed by atoms with Crippen LogP contribution >= 0.6 is 0 Å². The number of amides is 2. The van der Waals surface area contributed by atoms with Gasteiger partial charge in [-0.2, -0.15) is 0 Å². The summed E-state index contributed by atoms with van der Waals surface area (Å²) < 4.78 is 26.5. The first kappa shape index (κ1) is 23.4. The highest BCUT2D eigenvalue weighted by Gasteiger charge is 2.32. The van der Waals surface area contributed by atoms with Crippen molar-refractivity contribution in [1.82, 2.24) is 14.9 Å². The molecule has 1 N–H and O–H groups in total. The number of nitro groups is 1. The van der Waals surface area contributed by atoms with E-state index in [1.807, 2.05) is 0 Å². The summed E-state index contributed by atoms with van der Waals surface area (Å²) in [6.45, 7) is 1.63. The molecule has 2 amide bonds. The van der Waals surface area contributed by atoms with Gasteiger partial charge in [-0.3, -0.25) is 19.8 Å². The van der Waals surface area contributed by atoms with Crippen LogP contribution in [-0.2, 0) is 9.53 Å². The summed E-state index contributed by atoms with van der Waals surface area (Å²) in [7, 11) is 0. The van der Waals surface area contributed by atoms with Crippen molar-refractivity contribution in [2.45, 2.75) is 13.0 Å². The molecule has 0 bridgehead atoms. The summed E-state index contributed by atoms with van der Waals surface area (Å²) >= 11 is 0. The third-order valence-electron chi connectivity index (χ3n) is 5.02. The number of aromatic nitrogens is 2. The molecule has 1 aliphatic heterocycles. The van der Waals surface area contributed by atoms with E-state index in [9.17, 15) is 28.9 Å². The Morgan fingerprint density at radius 1 is 1.29 bits per heavy atom. The van der Waals surface area contributed by atoms with Crippen LogP contribution in [0.3, 0.4) is 0 Å². The molecular weight excluding hydrogens is 465 g/mol. The Morgan fingerprint density at radius 3 is 2.69 bits per heavy atom. The van der Waals surface area contributed by atoms with Crippen molar-refractivity contribution in [1.29, 1.82) is 0 Å².